The van der Waals surface area contributed by atoms with Gasteiger partial charge in [0.2, 0.25) is 0 Å². The number of benzene rings is 1. The molecule has 0 aromatic heterocycles. The fraction of sp³-hybridized carbons (Fsp3) is 0.526. The fourth-order valence-electron chi connectivity index (χ4n) is 3.00. The van der Waals surface area contributed by atoms with Crippen LogP contribution in [-0.2, 0) is 19.1 Å². The number of halogens is 2. The molecule has 0 aliphatic carbocycles. The lowest BCUT2D eigenvalue weighted by molar-refractivity contribution is -0.155. The lowest BCUT2D eigenvalue weighted by Gasteiger charge is -2.27. The van der Waals surface area contributed by atoms with E-state index in [1.807, 2.05) is 0 Å². The summed E-state index contributed by atoms with van der Waals surface area (Å²) in [5.41, 5.74) is -0.502. The number of likely N-dealkylation sites (tertiary alicyclic amines) is 1. The maximum absolute atomic E-state index is 13.6. The van der Waals surface area contributed by atoms with Gasteiger partial charge in [-0.2, -0.15) is 0 Å². The normalized spacial score (nSPS) is 19.7. The van der Waals surface area contributed by atoms with Gasteiger partial charge in [-0.05, 0) is 51.8 Å². The van der Waals surface area contributed by atoms with Crippen LogP contribution in [0.3, 0.4) is 0 Å². The third kappa shape index (κ3) is 5.24. The summed E-state index contributed by atoms with van der Waals surface area (Å²) in [4.78, 5) is 38.0. The molecule has 0 N–H and O–H groups in total. The van der Waals surface area contributed by atoms with Gasteiger partial charge in [-0.25, -0.2) is 18.4 Å². The predicted octanol–water partition coefficient (Wildman–Crippen LogP) is 3.19. The zero-order valence-electron chi connectivity index (χ0n) is 15.8. The predicted molar refractivity (Wildman–Crippen MR) is 92.1 cm³/mol. The van der Waals surface area contributed by atoms with Gasteiger partial charge in [0.15, 0.2) is 0 Å². The molecule has 8 heteroatoms. The molecule has 0 saturated carbocycles. The van der Waals surface area contributed by atoms with Crippen molar-refractivity contribution in [1.82, 2.24) is 4.90 Å². The Morgan fingerprint density at radius 1 is 1.15 bits per heavy atom. The second-order valence-electron chi connectivity index (χ2n) is 7.37. The van der Waals surface area contributed by atoms with Crippen LogP contribution in [0.1, 0.15) is 45.6 Å². The molecule has 0 spiro atoms. The molecule has 1 fully saturated rings. The monoisotopic (exact) mass is 383 g/mol. The van der Waals surface area contributed by atoms with E-state index >= 15 is 0 Å². The highest BCUT2D eigenvalue weighted by molar-refractivity contribution is 6.36. The Balaban J connectivity index is 2.31. The Morgan fingerprint density at radius 3 is 2.26 bits per heavy atom. The molecule has 0 bridgehead atoms. The number of hydrogen-bond acceptors (Lipinski definition) is 5. The second kappa shape index (κ2) is 8.02. The number of nitrogens with zero attached hydrogens (tertiary/aromatic N) is 1. The van der Waals surface area contributed by atoms with Gasteiger partial charge in [-0.1, -0.05) is 0 Å². The Bertz CT molecular complexity index is 724. The molecule has 27 heavy (non-hydrogen) atoms. The Morgan fingerprint density at radius 2 is 1.74 bits per heavy atom. The maximum Gasteiger partial charge on any atom is 0.410 e. The maximum atomic E-state index is 13.6. The standard InChI is InChI=1S/C19H23F2NO5/c1-5-26-17(24)16(23)15-8-12(11-6-13(20)9-14(21)7-11)10-22(15)18(25)27-19(2,3)4/h6-7,9,12,15H,5,8,10H2,1-4H3. The molecule has 1 heterocycles. The Hall–Kier alpha value is -2.51. The van der Waals surface area contributed by atoms with Crippen molar-refractivity contribution in [3.05, 3.63) is 35.4 Å². The van der Waals surface area contributed by atoms with Gasteiger partial charge in [-0.3, -0.25) is 9.69 Å². The summed E-state index contributed by atoms with van der Waals surface area (Å²) in [5, 5.41) is 0. The van der Waals surface area contributed by atoms with Gasteiger partial charge < -0.3 is 9.47 Å². The molecule has 1 aromatic rings. The number of hydrogen-bond donors (Lipinski definition) is 0. The van der Waals surface area contributed by atoms with Gasteiger partial charge in [0.25, 0.3) is 5.78 Å². The first-order valence-electron chi connectivity index (χ1n) is 8.68. The molecule has 0 radical (unpaired) electrons. The summed E-state index contributed by atoms with van der Waals surface area (Å²) in [5.74, 6) is -3.97. The molecule has 2 rings (SSSR count). The molecule has 1 aliphatic heterocycles. The van der Waals surface area contributed by atoms with Crippen molar-refractivity contribution in [1.29, 1.82) is 0 Å². The van der Waals surface area contributed by atoms with E-state index in [-0.39, 0.29) is 19.6 Å². The molecule has 148 valence electrons. The van der Waals surface area contributed by atoms with Crippen LogP contribution in [0.2, 0.25) is 0 Å². The van der Waals surface area contributed by atoms with Crippen LogP contribution in [-0.4, -0.2) is 47.5 Å². The molecule has 1 saturated heterocycles. The van der Waals surface area contributed by atoms with Gasteiger partial charge in [0.1, 0.15) is 23.3 Å². The van der Waals surface area contributed by atoms with E-state index in [9.17, 15) is 23.2 Å². The highest BCUT2D eigenvalue weighted by atomic mass is 19.1. The van der Waals surface area contributed by atoms with Crippen molar-refractivity contribution >= 4 is 17.8 Å². The number of carbonyl (C=O) groups excluding carboxylic acids is 3. The summed E-state index contributed by atoms with van der Waals surface area (Å²) in [6, 6.07) is 1.93. The van der Waals surface area contributed by atoms with Gasteiger partial charge in [-0.15, -0.1) is 0 Å². The number of Topliss-reactive ketones (excluding diaryl/α,β-unsaturated/α-hetero) is 1. The van der Waals surface area contributed by atoms with E-state index in [1.54, 1.807) is 27.7 Å². The van der Waals surface area contributed by atoms with E-state index < -0.39 is 47.0 Å². The van der Waals surface area contributed by atoms with E-state index in [0.29, 0.717) is 5.56 Å². The van der Waals surface area contributed by atoms with Crippen molar-refractivity contribution in [3.63, 3.8) is 0 Å². The van der Waals surface area contributed by atoms with Gasteiger partial charge in [0, 0.05) is 18.5 Å². The lowest BCUT2D eigenvalue weighted by atomic mass is 9.95. The minimum Gasteiger partial charge on any atom is -0.460 e. The minimum atomic E-state index is -1.12. The van der Waals surface area contributed by atoms with Crippen molar-refractivity contribution in [3.8, 4) is 0 Å². The Labute approximate surface area is 156 Å². The number of rotatable bonds is 4. The molecule has 6 nitrogen and oxygen atoms in total. The highest BCUT2D eigenvalue weighted by Gasteiger charge is 2.44. The number of carbonyl (C=O) groups is 3. The van der Waals surface area contributed by atoms with Crippen LogP contribution in [0.5, 0.6) is 0 Å². The van der Waals surface area contributed by atoms with Crippen LogP contribution in [0.4, 0.5) is 13.6 Å². The summed E-state index contributed by atoms with van der Waals surface area (Å²) >= 11 is 0. The number of amides is 1. The summed E-state index contributed by atoms with van der Waals surface area (Å²) in [7, 11) is 0. The largest absolute Gasteiger partial charge is 0.460 e. The first-order valence-corrected chi connectivity index (χ1v) is 8.68. The van der Waals surface area contributed by atoms with E-state index in [0.717, 1.165) is 23.1 Å². The fourth-order valence-corrected chi connectivity index (χ4v) is 3.00. The van der Waals surface area contributed by atoms with Crippen LogP contribution >= 0.6 is 0 Å². The first kappa shape index (κ1) is 20.8. The van der Waals surface area contributed by atoms with Crippen molar-refractivity contribution in [2.24, 2.45) is 0 Å². The lowest BCUT2D eigenvalue weighted by Crippen LogP contribution is -2.45. The molecule has 1 aliphatic rings. The SMILES string of the molecule is CCOC(=O)C(=O)C1CC(c2cc(F)cc(F)c2)CN1C(=O)OC(C)(C)C. The minimum absolute atomic E-state index is 0.00633. The van der Waals surface area contributed by atoms with Crippen LogP contribution in [0.25, 0.3) is 0 Å². The second-order valence-corrected chi connectivity index (χ2v) is 7.37. The van der Waals surface area contributed by atoms with Crippen LogP contribution in [0, 0.1) is 11.6 Å². The summed E-state index contributed by atoms with van der Waals surface area (Å²) < 4.78 is 37.2. The van der Waals surface area contributed by atoms with Crippen molar-refractivity contribution < 1.29 is 32.6 Å². The molecule has 1 amide bonds. The molecular formula is C19H23F2NO5. The highest BCUT2D eigenvalue weighted by Crippen LogP contribution is 2.34. The number of ketones is 1. The summed E-state index contributed by atoms with van der Waals surface area (Å²) in [6.45, 7) is 6.58. The van der Waals surface area contributed by atoms with Crippen LogP contribution < -0.4 is 0 Å². The van der Waals surface area contributed by atoms with E-state index in [4.69, 9.17) is 9.47 Å². The third-order valence-electron chi connectivity index (χ3n) is 4.06. The number of esters is 1. The third-order valence-corrected chi connectivity index (χ3v) is 4.06. The average Bonchev–Trinajstić information content (AvgIpc) is 2.97. The average molecular weight is 383 g/mol. The zero-order chi connectivity index (χ0) is 20.4. The van der Waals surface area contributed by atoms with Crippen molar-refractivity contribution in [2.45, 2.75) is 51.7 Å². The van der Waals surface area contributed by atoms with Gasteiger partial charge in [0.05, 0.1) is 6.61 Å². The Kier molecular flexibility index (Phi) is 6.18. The molecule has 2 atom stereocenters. The van der Waals surface area contributed by atoms with E-state index in [1.165, 1.54) is 0 Å². The quantitative estimate of drug-likeness (QED) is 0.590. The van der Waals surface area contributed by atoms with Crippen LogP contribution in [0.15, 0.2) is 18.2 Å². The van der Waals surface area contributed by atoms with E-state index in [2.05, 4.69) is 0 Å². The zero-order valence-corrected chi connectivity index (χ0v) is 15.8. The van der Waals surface area contributed by atoms with Crippen molar-refractivity contribution in [2.75, 3.05) is 13.2 Å². The number of ether oxygens (including phenoxy) is 2. The molecule has 2 unspecified atom stereocenters. The molecule has 1 aromatic carbocycles. The topological polar surface area (TPSA) is 72.9 Å². The molecular weight excluding hydrogens is 360 g/mol. The summed E-state index contributed by atoms with van der Waals surface area (Å²) in [6.07, 6.45) is -0.732. The smallest absolute Gasteiger partial charge is 0.410 e. The van der Waals surface area contributed by atoms with Gasteiger partial charge >= 0.3 is 12.1 Å². The first-order chi connectivity index (χ1) is 12.5.